The van der Waals surface area contributed by atoms with Crippen LogP contribution in [0, 0.1) is 0 Å². The Morgan fingerprint density at radius 1 is 1.36 bits per heavy atom. The molecule has 1 heterocycles. The largest absolute Gasteiger partial charge is 0.476 e. The molecule has 1 aliphatic heterocycles. The minimum atomic E-state index is 0.658. The Hall–Kier alpha value is -1.31. The standard InChI is InChI=1S/C9H9NO/c1-7-10-9-5-3-2-4-8(9)6-11-7/h2-5H,6H2,1H3. The van der Waals surface area contributed by atoms with Crippen molar-refractivity contribution < 1.29 is 4.74 Å². The Bertz CT molecular complexity index is 304. The summed E-state index contributed by atoms with van der Waals surface area (Å²) in [6.45, 7) is 2.53. The number of benzene rings is 1. The fraction of sp³-hybridized carbons (Fsp3) is 0.222. The molecule has 0 aromatic heterocycles. The zero-order chi connectivity index (χ0) is 7.68. The van der Waals surface area contributed by atoms with Gasteiger partial charge < -0.3 is 4.74 Å². The van der Waals surface area contributed by atoms with Crippen molar-refractivity contribution in [3.8, 4) is 0 Å². The van der Waals surface area contributed by atoms with Gasteiger partial charge in [-0.25, -0.2) is 4.99 Å². The molecule has 1 aromatic carbocycles. The van der Waals surface area contributed by atoms with Crippen LogP contribution in [0.3, 0.4) is 0 Å². The summed E-state index contributed by atoms with van der Waals surface area (Å²) in [6, 6.07) is 8.02. The maximum atomic E-state index is 5.25. The van der Waals surface area contributed by atoms with Gasteiger partial charge in [0.25, 0.3) is 0 Å². The van der Waals surface area contributed by atoms with Gasteiger partial charge >= 0.3 is 0 Å². The van der Waals surface area contributed by atoms with Crippen molar-refractivity contribution >= 4 is 11.6 Å². The van der Waals surface area contributed by atoms with E-state index in [1.807, 2.05) is 31.2 Å². The first-order chi connectivity index (χ1) is 5.36. The first-order valence-electron chi connectivity index (χ1n) is 3.62. The molecular weight excluding hydrogens is 138 g/mol. The minimum absolute atomic E-state index is 0.658. The van der Waals surface area contributed by atoms with Crippen LogP contribution in [0.25, 0.3) is 0 Å². The Balaban J connectivity index is 2.51. The fourth-order valence-electron chi connectivity index (χ4n) is 1.13. The van der Waals surface area contributed by atoms with E-state index in [4.69, 9.17) is 4.74 Å². The van der Waals surface area contributed by atoms with E-state index in [2.05, 4.69) is 4.99 Å². The first-order valence-corrected chi connectivity index (χ1v) is 3.62. The molecule has 2 nitrogen and oxygen atoms in total. The summed E-state index contributed by atoms with van der Waals surface area (Å²) in [5, 5.41) is 0. The summed E-state index contributed by atoms with van der Waals surface area (Å²) in [5.41, 5.74) is 2.20. The number of nitrogens with zero attached hydrogens (tertiary/aromatic N) is 1. The van der Waals surface area contributed by atoms with E-state index in [1.54, 1.807) is 0 Å². The summed E-state index contributed by atoms with van der Waals surface area (Å²) in [7, 11) is 0. The van der Waals surface area contributed by atoms with Crippen molar-refractivity contribution in [1.82, 2.24) is 0 Å². The average molecular weight is 147 g/mol. The van der Waals surface area contributed by atoms with E-state index in [1.165, 1.54) is 0 Å². The lowest BCUT2D eigenvalue weighted by Crippen LogP contribution is -2.04. The Morgan fingerprint density at radius 3 is 3.09 bits per heavy atom. The van der Waals surface area contributed by atoms with Gasteiger partial charge in [0.15, 0.2) is 5.90 Å². The van der Waals surface area contributed by atoms with Crippen LogP contribution < -0.4 is 0 Å². The lowest BCUT2D eigenvalue weighted by Gasteiger charge is -2.13. The molecule has 56 valence electrons. The summed E-state index contributed by atoms with van der Waals surface area (Å²) in [5.74, 6) is 0.753. The van der Waals surface area contributed by atoms with Gasteiger partial charge in [0, 0.05) is 12.5 Å². The number of hydrogen-bond acceptors (Lipinski definition) is 2. The summed E-state index contributed by atoms with van der Waals surface area (Å²) < 4.78 is 5.25. The van der Waals surface area contributed by atoms with E-state index in [0.717, 1.165) is 17.1 Å². The average Bonchev–Trinajstić information content (AvgIpc) is 2.04. The van der Waals surface area contributed by atoms with Gasteiger partial charge in [0.2, 0.25) is 0 Å². The molecule has 0 bridgehead atoms. The molecular formula is C9H9NO. The highest BCUT2D eigenvalue weighted by Gasteiger charge is 2.07. The lowest BCUT2D eigenvalue weighted by molar-refractivity contribution is 0.284. The number of aliphatic imine (C=N–C) groups is 1. The molecule has 0 amide bonds. The predicted molar refractivity (Wildman–Crippen MR) is 44.0 cm³/mol. The van der Waals surface area contributed by atoms with Crippen LogP contribution in [0.15, 0.2) is 29.3 Å². The van der Waals surface area contributed by atoms with Crippen molar-refractivity contribution in [2.75, 3.05) is 0 Å². The number of ether oxygens (including phenoxy) is 1. The number of para-hydroxylation sites is 1. The Kier molecular flexibility index (Phi) is 1.39. The van der Waals surface area contributed by atoms with Gasteiger partial charge in [0.1, 0.15) is 6.61 Å². The quantitative estimate of drug-likeness (QED) is 0.551. The molecule has 0 atom stereocenters. The first kappa shape index (κ1) is 6.40. The second-order valence-corrected chi connectivity index (χ2v) is 2.55. The maximum Gasteiger partial charge on any atom is 0.185 e. The molecule has 0 spiro atoms. The second-order valence-electron chi connectivity index (χ2n) is 2.55. The highest BCUT2D eigenvalue weighted by Crippen LogP contribution is 2.23. The molecule has 0 N–H and O–H groups in total. The monoisotopic (exact) mass is 147 g/mol. The SMILES string of the molecule is CC1=Nc2ccccc2CO1. The van der Waals surface area contributed by atoms with E-state index < -0.39 is 0 Å². The fourth-order valence-corrected chi connectivity index (χ4v) is 1.13. The normalized spacial score (nSPS) is 14.8. The smallest absolute Gasteiger partial charge is 0.185 e. The van der Waals surface area contributed by atoms with Gasteiger partial charge in [-0.2, -0.15) is 0 Å². The molecule has 0 saturated heterocycles. The molecule has 0 fully saturated rings. The van der Waals surface area contributed by atoms with Crippen LogP contribution in [0.5, 0.6) is 0 Å². The number of hydrogen-bond donors (Lipinski definition) is 0. The van der Waals surface area contributed by atoms with Crippen molar-refractivity contribution in [3.63, 3.8) is 0 Å². The third-order valence-electron chi connectivity index (χ3n) is 1.71. The van der Waals surface area contributed by atoms with Crippen LogP contribution in [-0.2, 0) is 11.3 Å². The second kappa shape index (κ2) is 2.38. The molecule has 0 aliphatic carbocycles. The van der Waals surface area contributed by atoms with Crippen molar-refractivity contribution in [3.05, 3.63) is 29.8 Å². The molecule has 2 heteroatoms. The third-order valence-corrected chi connectivity index (χ3v) is 1.71. The molecule has 2 rings (SSSR count). The highest BCUT2D eigenvalue weighted by molar-refractivity contribution is 5.78. The van der Waals surface area contributed by atoms with E-state index in [9.17, 15) is 0 Å². The van der Waals surface area contributed by atoms with Gasteiger partial charge in [-0.1, -0.05) is 18.2 Å². The predicted octanol–water partition coefficient (Wildman–Crippen LogP) is 2.27. The van der Waals surface area contributed by atoms with E-state index in [-0.39, 0.29) is 0 Å². The van der Waals surface area contributed by atoms with Crippen LogP contribution >= 0.6 is 0 Å². The lowest BCUT2D eigenvalue weighted by atomic mass is 10.2. The summed E-state index contributed by atoms with van der Waals surface area (Å²) >= 11 is 0. The minimum Gasteiger partial charge on any atom is -0.476 e. The Labute approximate surface area is 65.5 Å². The van der Waals surface area contributed by atoms with Crippen LogP contribution in [0.2, 0.25) is 0 Å². The third kappa shape index (κ3) is 1.11. The number of fused-ring (bicyclic) bond motifs is 1. The van der Waals surface area contributed by atoms with Crippen LogP contribution in [0.4, 0.5) is 5.69 Å². The van der Waals surface area contributed by atoms with Gasteiger partial charge in [-0.3, -0.25) is 0 Å². The van der Waals surface area contributed by atoms with Crippen LogP contribution in [-0.4, -0.2) is 5.90 Å². The molecule has 11 heavy (non-hydrogen) atoms. The molecule has 0 radical (unpaired) electrons. The number of rotatable bonds is 0. The van der Waals surface area contributed by atoms with Crippen molar-refractivity contribution in [2.45, 2.75) is 13.5 Å². The topological polar surface area (TPSA) is 21.6 Å². The molecule has 0 saturated carbocycles. The van der Waals surface area contributed by atoms with Crippen molar-refractivity contribution in [2.24, 2.45) is 4.99 Å². The van der Waals surface area contributed by atoms with E-state index in [0.29, 0.717) is 6.61 Å². The van der Waals surface area contributed by atoms with Gasteiger partial charge in [-0.15, -0.1) is 0 Å². The van der Waals surface area contributed by atoms with E-state index >= 15 is 0 Å². The van der Waals surface area contributed by atoms with Crippen molar-refractivity contribution in [1.29, 1.82) is 0 Å². The highest BCUT2D eigenvalue weighted by atomic mass is 16.5. The van der Waals surface area contributed by atoms with Gasteiger partial charge in [-0.05, 0) is 6.07 Å². The summed E-state index contributed by atoms with van der Waals surface area (Å²) in [4.78, 5) is 4.24. The molecule has 1 aliphatic rings. The zero-order valence-corrected chi connectivity index (χ0v) is 6.37. The molecule has 0 unspecified atom stereocenters. The Morgan fingerprint density at radius 2 is 2.18 bits per heavy atom. The summed E-state index contributed by atoms with van der Waals surface area (Å²) in [6.07, 6.45) is 0. The zero-order valence-electron chi connectivity index (χ0n) is 6.37. The maximum absolute atomic E-state index is 5.25. The molecule has 1 aromatic rings. The van der Waals surface area contributed by atoms with Crippen LogP contribution in [0.1, 0.15) is 12.5 Å². The van der Waals surface area contributed by atoms with Gasteiger partial charge in [0.05, 0.1) is 5.69 Å².